The van der Waals surface area contributed by atoms with Gasteiger partial charge in [0.15, 0.2) is 0 Å². The number of methoxy groups -OCH3 is 1. The van der Waals surface area contributed by atoms with Crippen molar-refractivity contribution in [3.05, 3.63) is 23.8 Å². The molecule has 1 aromatic carbocycles. The highest BCUT2D eigenvalue weighted by atomic mass is 16.5. The van der Waals surface area contributed by atoms with Crippen molar-refractivity contribution in [1.29, 1.82) is 0 Å². The number of hydrogen-bond donors (Lipinski definition) is 1. The maximum atomic E-state index is 10.0. The predicted octanol–water partition coefficient (Wildman–Crippen LogP) is 2.75. The quantitative estimate of drug-likeness (QED) is 0.900. The fourth-order valence-corrected chi connectivity index (χ4v) is 2.82. The van der Waals surface area contributed by atoms with E-state index in [9.17, 15) is 5.11 Å². The van der Waals surface area contributed by atoms with E-state index < -0.39 is 6.10 Å². The van der Waals surface area contributed by atoms with Crippen LogP contribution in [-0.2, 0) is 4.74 Å². The van der Waals surface area contributed by atoms with Crippen molar-refractivity contribution >= 4 is 5.69 Å². The van der Waals surface area contributed by atoms with Crippen molar-refractivity contribution in [2.75, 3.05) is 32.2 Å². The fraction of sp³-hybridized carbons (Fsp3) is 0.625. The van der Waals surface area contributed by atoms with E-state index in [0.29, 0.717) is 0 Å². The molecule has 20 heavy (non-hydrogen) atoms. The Kier molecular flexibility index (Phi) is 5.26. The van der Waals surface area contributed by atoms with Crippen LogP contribution in [0.3, 0.4) is 0 Å². The third kappa shape index (κ3) is 3.44. The molecule has 2 atom stereocenters. The molecule has 1 aromatic rings. The van der Waals surface area contributed by atoms with Crippen molar-refractivity contribution in [3.8, 4) is 5.75 Å². The highest BCUT2D eigenvalue weighted by Crippen LogP contribution is 2.34. The summed E-state index contributed by atoms with van der Waals surface area (Å²) < 4.78 is 11.2. The van der Waals surface area contributed by atoms with Crippen LogP contribution in [0.15, 0.2) is 18.2 Å². The lowest BCUT2D eigenvalue weighted by Gasteiger charge is -2.30. The molecule has 1 aliphatic rings. The molecule has 4 nitrogen and oxygen atoms in total. The minimum atomic E-state index is -0.559. The number of anilines is 1. The number of likely N-dealkylation sites (N-methyl/N-ethyl adjacent to an activating group) is 1. The molecule has 1 saturated heterocycles. The zero-order chi connectivity index (χ0) is 14.5. The van der Waals surface area contributed by atoms with Gasteiger partial charge in [0.25, 0.3) is 0 Å². The molecule has 1 N–H and O–H groups in total. The highest BCUT2D eigenvalue weighted by Gasteiger charge is 2.20. The predicted molar refractivity (Wildman–Crippen MR) is 80.5 cm³/mol. The smallest absolute Gasteiger partial charge is 0.126 e. The number of aliphatic hydroxyl groups is 1. The van der Waals surface area contributed by atoms with Crippen molar-refractivity contribution in [2.24, 2.45) is 0 Å². The number of rotatable bonds is 5. The minimum Gasteiger partial charge on any atom is -0.496 e. The summed E-state index contributed by atoms with van der Waals surface area (Å²) in [5.74, 6) is 0.730. The van der Waals surface area contributed by atoms with Gasteiger partial charge in [-0.1, -0.05) is 6.07 Å². The van der Waals surface area contributed by atoms with E-state index in [0.717, 1.165) is 43.0 Å². The van der Waals surface area contributed by atoms with Crippen LogP contribution in [0.5, 0.6) is 5.75 Å². The van der Waals surface area contributed by atoms with Gasteiger partial charge in [-0.15, -0.1) is 0 Å². The van der Waals surface area contributed by atoms with Gasteiger partial charge < -0.3 is 19.5 Å². The molecule has 1 unspecified atom stereocenters. The van der Waals surface area contributed by atoms with Crippen LogP contribution in [0, 0.1) is 0 Å². The zero-order valence-corrected chi connectivity index (χ0v) is 12.6. The van der Waals surface area contributed by atoms with Crippen LogP contribution < -0.4 is 9.64 Å². The summed E-state index contributed by atoms with van der Waals surface area (Å²) in [6, 6.07) is 5.86. The van der Waals surface area contributed by atoms with E-state index in [1.165, 1.54) is 6.42 Å². The lowest BCUT2D eigenvalue weighted by Crippen LogP contribution is -2.34. The normalized spacial score (nSPS) is 20.5. The molecule has 0 radical (unpaired) electrons. The van der Waals surface area contributed by atoms with E-state index in [1.54, 1.807) is 14.0 Å². The first-order chi connectivity index (χ1) is 9.63. The Bertz CT molecular complexity index is 428. The van der Waals surface area contributed by atoms with E-state index in [-0.39, 0.29) is 6.10 Å². The first kappa shape index (κ1) is 15.1. The maximum absolute atomic E-state index is 10.0. The van der Waals surface area contributed by atoms with Crippen LogP contribution >= 0.6 is 0 Å². The molecule has 0 amide bonds. The number of hydrogen-bond acceptors (Lipinski definition) is 4. The number of ether oxygens (including phenoxy) is 2. The third-order valence-corrected chi connectivity index (χ3v) is 3.84. The average molecular weight is 279 g/mol. The molecule has 1 aliphatic heterocycles. The topological polar surface area (TPSA) is 41.9 Å². The second-order valence-corrected chi connectivity index (χ2v) is 5.44. The van der Waals surface area contributed by atoms with Gasteiger partial charge in [-0.25, -0.2) is 0 Å². The minimum absolute atomic E-state index is 0.279. The summed E-state index contributed by atoms with van der Waals surface area (Å²) in [5.41, 5.74) is 1.85. The number of benzene rings is 1. The molecule has 1 heterocycles. The van der Waals surface area contributed by atoms with Gasteiger partial charge in [0, 0.05) is 31.5 Å². The van der Waals surface area contributed by atoms with E-state index >= 15 is 0 Å². The molecule has 0 spiro atoms. The summed E-state index contributed by atoms with van der Waals surface area (Å²) in [5, 5.41) is 10.0. The van der Waals surface area contributed by atoms with Gasteiger partial charge in [0.05, 0.1) is 19.3 Å². The van der Waals surface area contributed by atoms with Gasteiger partial charge in [-0.05, 0) is 38.3 Å². The van der Waals surface area contributed by atoms with Crippen molar-refractivity contribution in [3.63, 3.8) is 0 Å². The van der Waals surface area contributed by atoms with Crippen LogP contribution in [0.4, 0.5) is 5.69 Å². The Balaban J connectivity index is 2.17. The van der Waals surface area contributed by atoms with Crippen LogP contribution in [0.25, 0.3) is 0 Å². The maximum Gasteiger partial charge on any atom is 0.126 e. The Hall–Kier alpha value is -1.26. The standard InChI is InChI=1S/C16H25NO3/c1-12(18)16-14(8-6-9-15(16)19-3)17(2)11-13-7-4-5-10-20-13/h6,8-9,12-13,18H,4-5,7,10-11H2,1-3H3/t12-,13?/m1/s1. The van der Waals surface area contributed by atoms with Crippen molar-refractivity contribution in [2.45, 2.75) is 38.4 Å². The van der Waals surface area contributed by atoms with Gasteiger partial charge in [-0.3, -0.25) is 0 Å². The molecular formula is C16H25NO3. The number of aliphatic hydroxyl groups excluding tert-OH is 1. The van der Waals surface area contributed by atoms with E-state index in [1.807, 2.05) is 25.2 Å². The fourth-order valence-electron chi connectivity index (χ4n) is 2.82. The molecule has 0 saturated carbocycles. The molecule has 4 heteroatoms. The summed E-state index contributed by atoms with van der Waals surface area (Å²) >= 11 is 0. The van der Waals surface area contributed by atoms with Crippen molar-refractivity contribution in [1.82, 2.24) is 0 Å². The first-order valence-electron chi connectivity index (χ1n) is 7.31. The number of nitrogens with zero attached hydrogens (tertiary/aromatic N) is 1. The summed E-state index contributed by atoms with van der Waals surface area (Å²) in [6.45, 7) is 3.47. The molecule has 2 rings (SSSR count). The zero-order valence-electron chi connectivity index (χ0n) is 12.6. The summed E-state index contributed by atoms with van der Waals surface area (Å²) in [7, 11) is 3.67. The lowest BCUT2D eigenvalue weighted by atomic mass is 10.0. The van der Waals surface area contributed by atoms with Gasteiger partial charge in [0.2, 0.25) is 0 Å². The monoisotopic (exact) mass is 279 g/mol. The molecule has 0 bridgehead atoms. The second kappa shape index (κ2) is 6.95. The van der Waals surface area contributed by atoms with Crippen LogP contribution in [0.2, 0.25) is 0 Å². The SMILES string of the molecule is COc1cccc(N(C)CC2CCCCO2)c1[C@@H](C)O. The summed E-state index contributed by atoms with van der Waals surface area (Å²) in [6.07, 6.45) is 3.23. The Morgan fingerprint density at radius 1 is 1.45 bits per heavy atom. The summed E-state index contributed by atoms with van der Waals surface area (Å²) in [4.78, 5) is 2.15. The molecule has 1 fully saturated rings. The Morgan fingerprint density at radius 2 is 2.25 bits per heavy atom. The lowest BCUT2D eigenvalue weighted by molar-refractivity contribution is 0.0215. The van der Waals surface area contributed by atoms with Gasteiger partial charge >= 0.3 is 0 Å². The van der Waals surface area contributed by atoms with E-state index in [2.05, 4.69) is 4.90 Å². The van der Waals surface area contributed by atoms with Crippen molar-refractivity contribution < 1.29 is 14.6 Å². The average Bonchev–Trinajstić information content (AvgIpc) is 2.47. The molecule has 0 aromatic heterocycles. The van der Waals surface area contributed by atoms with Gasteiger partial charge in [-0.2, -0.15) is 0 Å². The Morgan fingerprint density at radius 3 is 2.85 bits per heavy atom. The van der Waals surface area contributed by atoms with Crippen LogP contribution in [-0.4, -0.2) is 38.5 Å². The highest BCUT2D eigenvalue weighted by molar-refractivity contribution is 5.60. The first-order valence-corrected chi connectivity index (χ1v) is 7.31. The van der Waals surface area contributed by atoms with E-state index in [4.69, 9.17) is 9.47 Å². The largest absolute Gasteiger partial charge is 0.496 e. The molecule has 0 aliphatic carbocycles. The van der Waals surface area contributed by atoms with Gasteiger partial charge in [0.1, 0.15) is 5.75 Å². The molecule has 112 valence electrons. The molecular weight excluding hydrogens is 254 g/mol. The Labute approximate surface area is 121 Å². The third-order valence-electron chi connectivity index (χ3n) is 3.84. The second-order valence-electron chi connectivity index (χ2n) is 5.44. The van der Waals surface area contributed by atoms with Crippen LogP contribution in [0.1, 0.15) is 37.9 Å².